The third-order valence-corrected chi connectivity index (χ3v) is 22.7. The lowest BCUT2D eigenvalue weighted by Gasteiger charge is -2.03. The molecule has 0 amide bonds. The zero-order chi connectivity index (χ0) is 82.6. The predicted molar refractivity (Wildman–Crippen MR) is 525 cm³/mol. The standard InChI is InChI=1S/C22H43N.C22H46.2C18H38.C17H33N.2C5H9N.2CH4/c1-3-4-5-6-7-8-9-10-11-12-13-14-15-16-17-18-19-20-21-22-23-2;1-3-5-7-9-11-13-15-17-19-21-22-20-18-16-14-12-10-8-6-4-2;2*1-3-5-7-9-11-13-15-17-18-16-14-12-10-8-6-4-2;1-3-4-5-6-7-8-9-10-11-12-13-14-15-16-17-18-2;2*1-2-3-4-5-6;;/h3-22H2,1H3;3-22H2,1-2H3;2*3-18H2,1-2H3;3-17H2,1H3;2*2-4H2,1H3;2*1H4. The van der Waals surface area contributed by atoms with Gasteiger partial charge in [-0.15, -0.1) is 0 Å². The van der Waals surface area contributed by atoms with E-state index >= 15 is 0 Å². The Labute approximate surface area is 722 Å². The maximum Gasteiger partial charge on any atom is 0.214 e. The van der Waals surface area contributed by atoms with Crippen LogP contribution in [0.3, 0.4) is 0 Å². The number of hydrogen-bond donors (Lipinski definition) is 0. The summed E-state index contributed by atoms with van der Waals surface area (Å²) in [6.07, 6.45) is 128. The Kier molecular flexibility index (Phi) is 165. The molecule has 0 aromatic heterocycles. The van der Waals surface area contributed by atoms with Gasteiger partial charge < -0.3 is 9.69 Å². The molecule has 0 radical (unpaired) electrons. The average molecular weight is 1590 g/mol. The van der Waals surface area contributed by atoms with E-state index in [2.05, 4.69) is 91.1 Å². The quantitative estimate of drug-likeness (QED) is 0.0450. The van der Waals surface area contributed by atoms with Gasteiger partial charge in [0, 0.05) is 25.7 Å². The Morgan fingerprint density at radius 3 is 0.283 bits per heavy atom. The highest BCUT2D eigenvalue weighted by Crippen LogP contribution is 2.21. The molecule has 0 heterocycles. The first kappa shape index (κ1) is 129. The first-order valence-corrected chi connectivity index (χ1v) is 52.3. The molecule has 0 rings (SSSR count). The number of unbranched alkanes of at least 4 members (excludes halogenated alkanes) is 84. The van der Waals surface area contributed by atoms with E-state index in [4.69, 9.17) is 23.7 Å². The molecule has 0 N–H and O–H groups in total. The molecule has 0 spiro atoms. The predicted octanol–water partition coefficient (Wildman–Crippen LogP) is 42.8. The van der Waals surface area contributed by atoms with Gasteiger partial charge in [-0.3, -0.25) is 0 Å². The Hall–Kier alpha value is -2.04. The summed E-state index contributed by atoms with van der Waals surface area (Å²) in [6.45, 7) is 37.4. The van der Waals surface area contributed by atoms with Crippen LogP contribution in [0.1, 0.15) is 668 Å². The van der Waals surface area contributed by atoms with Crippen molar-refractivity contribution in [2.75, 3.05) is 13.1 Å². The van der Waals surface area contributed by atoms with Gasteiger partial charge >= 0.3 is 0 Å². The van der Waals surface area contributed by atoms with E-state index in [0.29, 0.717) is 0 Å². The van der Waals surface area contributed by atoms with E-state index < -0.39 is 0 Å². The average Bonchev–Trinajstić information content (AvgIpc) is 3.64. The zero-order valence-corrected chi connectivity index (χ0v) is 79.5. The molecule has 0 unspecified atom stereocenters. The highest BCUT2D eigenvalue weighted by molar-refractivity contribution is 4.67. The summed E-state index contributed by atoms with van der Waals surface area (Å²) in [5, 5.41) is 15.9. The number of nitrogens with zero attached hydrogens (tertiary/aromatic N) is 4. The van der Waals surface area contributed by atoms with Gasteiger partial charge in [-0.25, -0.2) is 13.1 Å². The van der Waals surface area contributed by atoms with E-state index in [9.17, 15) is 0 Å². The molecule has 0 aromatic rings. The van der Waals surface area contributed by atoms with Crippen LogP contribution in [-0.4, -0.2) is 13.1 Å². The molecule has 0 aliphatic heterocycles. The zero-order valence-electron chi connectivity index (χ0n) is 79.5. The molecule has 4 nitrogen and oxygen atoms in total. The maximum absolute atomic E-state index is 7.95. The third-order valence-electron chi connectivity index (χ3n) is 22.7. The molecular formula is C109H224N4. The highest BCUT2D eigenvalue weighted by atomic mass is 14.6. The molecule has 0 atom stereocenters. The van der Waals surface area contributed by atoms with Crippen LogP contribution in [0.15, 0.2) is 0 Å². The lowest BCUT2D eigenvalue weighted by atomic mass is 10.0. The largest absolute Gasteiger partial charge is 0.317 e. The van der Waals surface area contributed by atoms with Crippen LogP contribution in [-0.2, 0) is 0 Å². The summed E-state index contributed by atoms with van der Waals surface area (Å²) in [5.41, 5.74) is 0. The summed E-state index contributed by atoms with van der Waals surface area (Å²) in [7, 11) is 0. The molecule has 0 aliphatic rings. The Bertz CT molecular complexity index is 1490. The van der Waals surface area contributed by atoms with E-state index in [0.717, 1.165) is 64.5 Å². The Morgan fingerprint density at radius 2 is 0.221 bits per heavy atom. The minimum Gasteiger partial charge on any atom is -0.317 e. The summed E-state index contributed by atoms with van der Waals surface area (Å²) in [5.74, 6) is 0. The lowest BCUT2D eigenvalue weighted by Crippen LogP contribution is -1.84. The molecule has 113 heavy (non-hydrogen) atoms. The van der Waals surface area contributed by atoms with Gasteiger partial charge in [0.05, 0.1) is 12.1 Å². The molecule has 0 fully saturated rings. The third kappa shape index (κ3) is 166. The van der Waals surface area contributed by atoms with Crippen LogP contribution in [0.4, 0.5) is 0 Å². The number of nitriles is 2. The fourth-order valence-electron chi connectivity index (χ4n) is 14.7. The van der Waals surface area contributed by atoms with Crippen molar-refractivity contribution in [3.8, 4) is 12.1 Å². The van der Waals surface area contributed by atoms with Crippen molar-refractivity contribution in [3.05, 3.63) is 22.8 Å². The molecule has 0 bridgehead atoms. The van der Waals surface area contributed by atoms with Crippen molar-refractivity contribution < 1.29 is 0 Å². The van der Waals surface area contributed by atoms with E-state index in [1.54, 1.807) is 0 Å². The van der Waals surface area contributed by atoms with Gasteiger partial charge in [0.2, 0.25) is 13.1 Å². The molecule has 0 aliphatic carbocycles. The monoisotopic (exact) mass is 1590 g/mol. The molecule has 680 valence electrons. The highest BCUT2D eigenvalue weighted by Gasteiger charge is 2.01. The smallest absolute Gasteiger partial charge is 0.214 e. The first-order valence-electron chi connectivity index (χ1n) is 52.3. The van der Waals surface area contributed by atoms with Crippen molar-refractivity contribution in [2.24, 2.45) is 0 Å². The summed E-state index contributed by atoms with van der Waals surface area (Å²) in [6, 6.07) is 4.14. The van der Waals surface area contributed by atoms with Gasteiger partial charge in [0.1, 0.15) is 0 Å². The number of rotatable bonds is 86. The molecule has 0 saturated heterocycles. The van der Waals surface area contributed by atoms with Gasteiger partial charge in [-0.1, -0.05) is 617 Å². The minimum atomic E-state index is 0. The maximum atomic E-state index is 7.95. The van der Waals surface area contributed by atoms with Gasteiger partial charge in [-0.2, -0.15) is 10.5 Å². The molecule has 0 aromatic carbocycles. The normalized spacial score (nSPS) is 10.3. The van der Waals surface area contributed by atoms with Crippen molar-refractivity contribution >= 4 is 0 Å². The summed E-state index contributed by atoms with van der Waals surface area (Å²) < 4.78 is 0. The van der Waals surface area contributed by atoms with Crippen molar-refractivity contribution in [1.82, 2.24) is 0 Å². The Morgan fingerprint density at radius 1 is 0.142 bits per heavy atom. The van der Waals surface area contributed by atoms with E-state index in [1.807, 2.05) is 0 Å². The second-order valence-corrected chi connectivity index (χ2v) is 34.5. The Balaban J connectivity index is -0.000000164. The fourth-order valence-corrected chi connectivity index (χ4v) is 14.7. The minimum absolute atomic E-state index is 0. The van der Waals surface area contributed by atoms with Crippen LogP contribution in [0.5, 0.6) is 0 Å². The fraction of sp³-hybridized carbons (Fsp3) is 0.963. The van der Waals surface area contributed by atoms with Crippen molar-refractivity contribution in [3.63, 3.8) is 0 Å². The van der Waals surface area contributed by atoms with Gasteiger partial charge in [0.25, 0.3) is 0 Å². The van der Waals surface area contributed by atoms with E-state index in [1.165, 1.54) is 533 Å². The second kappa shape index (κ2) is 145. The van der Waals surface area contributed by atoms with Crippen LogP contribution in [0.2, 0.25) is 0 Å². The van der Waals surface area contributed by atoms with Crippen LogP contribution in [0.25, 0.3) is 9.69 Å². The molecule has 0 saturated carbocycles. The first-order chi connectivity index (χ1) is 54.9. The van der Waals surface area contributed by atoms with Crippen molar-refractivity contribution in [2.45, 2.75) is 668 Å². The van der Waals surface area contributed by atoms with Crippen molar-refractivity contribution in [1.29, 1.82) is 10.5 Å². The molecule has 4 heteroatoms. The summed E-state index contributed by atoms with van der Waals surface area (Å²) >= 11 is 0. The topological polar surface area (TPSA) is 56.3 Å². The summed E-state index contributed by atoms with van der Waals surface area (Å²) in [4.78, 5) is 6.78. The van der Waals surface area contributed by atoms with Gasteiger partial charge in [-0.05, 0) is 25.7 Å². The van der Waals surface area contributed by atoms with Gasteiger partial charge in [0.15, 0.2) is 0 Å². The van der Waals surface area contributed by atoms with E-state index in [-0.39, 0.29) is 14.9 Å². The number of hydrogen-bond acceptors (Lipinski definition) is 2. The lowest BCUT2D eigenvalue weighted by molar-refractivity contribution is 0.523. The van der Waals surface area contributed by atoms with Crippen LogP contribution >= 0.6 is 0 Å². The van der Waals surface area contributed by atoms with Crippen LogP contribution in [0, 0.1) is 35.8 Å². The molecular weight excluding hydrogens is 1370 g/mol. The second-order valence-electron chi connectivity index (χ2n) is 34.5. The SMILES string of the molecule is C.C.CCCCC#N.CCCCC#N.CCCCCCCCCCCCCCCCCC.CCCCCCCCCCCCCCCCCC.CCCCCCCCCCCCCCCCCCCCCC.[C-]#[N+]CCCCCCCCCCCCCCCC.[C-]#[N+]CCCCCCCCCCCCCCCCCCCCC. The van der Waals surface area contributed by atoms with Crippen LogP contribution < -0.4 is 0 Å².